The number of anilines is 1. The summed E-state index contributed by atoms with van der Waals surface area (Å²) >= 11 is 1.24. The van der Waals surface area contributed by atoms with Crippen LogP contribution in [0, 0.1) is 0 Å². The summed E-state index contributed by atoms with van der Waals surface area (Å²) < 4.78 is 5.32. The lowest BCUT2D eigenvalue weighted by Gasteiger charge is -2.19. The van der Waals surface area contributed by atoms with E-state index in [0.717, 1.165) is 5.56 Å². The SMILES string of the molecule is COc1ccccc1C1=NO[C@](C)(C(=O)Nc2nncs2)C1. The van der Waals surface area contributed by atoms with Crippen molar-refractivity contribution >= 4 is 28.1 Å². The maximum absolute atomic E-state index is 12.4. The van der Waals surface area contributed by atoms with Gasteiger partial charge in [0.25, 0.3) is 5.91 Å². The van der Waals surface area contributed by atoms with Crippen molar-refractivity contribution in [2.24, 2.45) is 5.16 Å². The van der Waals surface area contributed by atoms with Crippen molar-refractivity contribution < 1.29 is 14.4 Å². The standard InChI is InChI=1S/C14H14N4O3S/c1-14(12(19)16-13-17-15-8-22-13)7-10(18-21-14)9-5-3-4-6-11(9)20-2/h3-6,8H,7H2,1-2H3,(H,16,17,19)/t14-/m0/s1. The molecule has 1 aliphatic heterocycles. The zero-order valence-corrected chi connectivity index (χ0v) is 12.9. The molecule has 1 N–H and O–H groups in total. The third-order valence-corrected chi connectivity index (χ3v) is 3.95. The average molecular weight is 318 g/mol. The fourth-order valence-electron chi connectivity index (χ4n) is 2.15. The number of para-hydroxylation sites is 1. The summed E-state index contributed by atoms with van der Waals surface area (Å²) in [6, 6.07) is 7.49. The molecule has 0 bridgehead atoms. The van der Waals surface area contributed by atoms with Gasteiger partial charge in [-0.2, -0.15) is 0 Å². The molecule has 0 aliphatic carbocycles. The van der Waals surface area contributed by atoms with Crippen molar-refractivity contribution in [2.75, 3.05) is 12.4 Å². The molecular weight excluding hydrogens is 304 g/mol. The van der Waals surface area contributed by atoms with Crippen LogP contribution in [0.3, 0.4) is 0 Å². The van der Waals surface area contributed by atoms with Crippen molar-refractivity contribution in [2.45, 2.75) is 18.9 Å². The maximum atomic E-state index is 12.4. The predicted molar refractivity (Wildman–Crippen MR) is 82.2 cm³/mol. The van der Waals surface area contributed by atoms with Crippen molar-refractivity contribution in [3.8, 4) is 5.75 Å². The van der Waals surface area contributed by atoms with Gasteiger partial charge >= 0.3 is 0 Å². The van der Waals surface area contributed by atoms with E-state index in [1.807, 2.05) is 24.3 Å². The second-order valence-corrected chi connectivity index (χ2v) is 5.77. The van der Waals surface area contributed by atoms with Crippen LogP contribution in [0.15, 0.2) is 34.9 Å². The van der Waals surface area contributed by atoms with Crippen LogP contribution in [0.4, 0.5) is 5.13 Å². The number of amides is 1. The van der Waals surface area contributed by atoms with Gasteiger partial charge in [-0.15, -0.1) is 10.2 Å². The van der Waals surface area contributed by atoms with Crippen LogP contribution in [0.5, 0.6) is 5.75 Å². The summed E-state index contributed by atoms with van der Waals surface area (Å²) in [7, 11) is 1.59. The Hall–Kier alpha value is -2.48. The van der Waals surface area contributed by atoms with Crippen LogP contribution >= 0.6 is 11.3 Å². The van der Waals surface area contributed by atoms with Crippen LogP contribution in [0.1, 0.15) is 18.9 Å². The molecule has 3 rings (SSSR count). The van der Waals surface area contributed by atoms with E-state index in [-0.39, 0.29) is 5.91 Å². The zero-order valence-electron chi connectivity index (χ0n) is 12.1. The molecule has 1 aromatic carbocycles. The minimum Gasteiger partial charge on any atom is -0.496 e. The molecule has 1 aliphatic rings. The van der Waals surface area contributed by atoms with Crippen LogP contribution in [-0.2, 0) is 9.63 Å². The second-order valence-electron chi connectivity index (χ2n) is 4.94. The van der Waals surface area contributed by atoms with Crippen molar-refractivity contribution in [1.29, 1.82) is 0 Å². The van der Waals surface area contributed by atoms with Crippen molar-refractivity contribution in [3.63, 3.8) is 0 Å². The van der Waals surface area contributed by atoms with Crippen LogP contribution in [0.2, 0.25) is 0 Å². The van der Waals surface area contributed by atoms with Crippen LogP contribution in [0.25, 0.3) is 0 Å². The number of aromatic nitrogens is 2. The molecule has 0 fully saturated rings. The number of carbonyl (C=O) groups is 1. The van der Waals surface area contributed by atoms with Gasteiger partial charge in [0.05, 0.1) is 12.8 Å². The number of hydrogen-bond donors (Lipinski definition) is 1. The smallest absolute Gasteiger partial charge is 0.273 e. The molecule has 2 aromatic rings. The molecule has 0 saturated carbocycles. The number of methoxy groups -OCH3 is 1. The topological polar surface area (TPSA) is 85.7 Å². The highest BCUT2D eigenvalue weighted by Gasteiger charge is 2.43. The second kappa shape index (κ2) is 5.72. The third kappa shape index (κ3) is 2.64. The van der Waals surface area contributed by atoms with Gasteiger partial charge in [0.2, 0.25) is 10.7 Å². The van der Waals surface area contributed by atoms with E-state index in [1.54, 1.807) is 19.5 Å². The molecule has 0 radical (unpaired) electrons. The monoisotopic (exact) mass is 318 g/mol. The molecule has 0 saturated heterocycles. The minimum atomic E-state index is -1.08. The summed E-state index contributed by atoms with van der Waals surface area (Å²) in [4.78, 5) is 17.8. The molecule has 1 aromatic heterocycles. The van der Waals surface area contributed by atoms with Crippen LogP contribution < -0.4 is 10.1 Å². The van der Waals surface area contributed by atoms with Crippen molar-refractivity contribution in [1.82, 2.24) is 10.2 Å². The Morgan fingerprint density at radius 2 is 2.27 bits per heavy atom. The van der Waals surface area contributed by atoms with E-state index in [0.29, 0.717) is 23.0 Å². The van der Waals surface area contributed by atoms with E-state index < -0.39 is 5.60 Å². The fourth-order valence-corrected chi connectivity index (χ4v) is 2.59. The number of ether oxygens (including phenoxy) is 1. The summed E-state index contributed by atoms with van der Waals surface area (Å²) in [6.45, 7) is 1.69. The molecule has 8 heteroatoms. The lowest BCUT2D eigenvalue weighted by atomic mass is 9.95. The number of oxime groups is 1. The first kappa shape index (κ1) is 14.5. The fraction of sp³-hybridized carbons (Fsp3) is 0.286. The van der Waals surface area contributed by atoms with Gasteiger partial charge in [0.1, 0.15) is 11.3 Å². The molecule has 0 unspecified atom stereocenters. The van der Waals surface area contributed by atoms with Gasteiger partial charge in [0, 0.05) is 12.0 Å². The molecule has 7 nitrogen and oxygen atoms in total. The molecule has 0 spiro atoms. The van der Waals surface area contributed by atoms with Crippen LogP contribution in [-0.4, -0.2) is 34.5 Å². The number of nitrogens with zero attached hydrogens (tertiary/aromatic N) is 3. The Balaban J connectivity index is 1.76. The van der Waals surface area contributed by atoms with Gasteiger partial charge in [0.15, 0.2) is 0 Å². The Labute approximate surface area is 131 Å². The highest BCUT2D eigenvalue weighted by atomic mass is 32.1. The van der Waals surface area contributed by atoms with Gasteiger partial charge in [-0.1, -0.05) is 28.6 Å². The minimum absolute atomic E-state index is 0.308. The molecule has 1 amide bonds. The van der Waals surface area contributed by atoms with Gasteiger partial charge in [-0.05, 0) is 19.1 Å². The summed E-state index contributed by atoms with van der Waals surface area (Å²) in [5.41, 5.74) is 1.95. The van der Waals surface area contributed by atoms with E-state index in [2.05, 4.69) is 20.7 Å². The van der Waals surface area contributed by atoms with Crippen molar-refractivity contribution in [3.05, 3.63) is 35.3 Å². The Bertz CT molecular complexity index is 717. The lowest BCUT2D eigenvalue weighted by molar-refractivity contribution is -0.135. The molecule has 2 heterocycles. The number of nitrogens with one attached hydrogen (secondary N) is 1. The van der Waals surface area contributed by atoms with Gasteiger partial charge in [-0.3, -0.25) is 10.1 Å². The predicted octanol–water partition coefficient (Wildman–Crippen LogP) is 2.07. The summed E-state index contributed by atoms with van der Waals surface area (Å²) in [5.74, 6) is 0.386. The molecular formula is C14H14N4O3S. The van der Waals surface area contributed by atoms with E-state index in [1.165, 1.54) is 11.3 Å². The van der Waals surface area contributed by atoms with E-state index in [9.17, 15) is 4.79 Å². The summed E-state index contributed by atoms with van der Waals surface area (Å²) in [5, 5.41) is 14.6. The number of rotatable bonds is 4. The average Bonchev–Trinajstić information content (AvgIpc) is 3.17. The number of carbonyl (C=O) groups excluding carboxylic acids is 1. The normalized spacial score (nSPS) is 20.2. The molecule has 1 atom stereocenters. The summed E-state index contributed by atoms with van der Waals surface area (Å²) in [6.07, 6.45) is 0.345. The first-order valence-electron chi connectivity index (χ1n) is 6.58. The Kier molecular flexibility index (Phi) is 3.76. The third-order valence-electron chi connectivity index (χ3n) is 3.34. The Morgan fingerprint density at radius 1 is 1.45 bits per heavy atom. The van der Waals surface area contributed by atoms with Gasteiger partial charge in [-0.25, -0.2) is 0 Å². The molecule has 114 valence electrons. The highest BCUT2D eigenvalue weighted by Crippen LogP contribution is 2.31. The van der Waals surface area contributed by atoms with E-state index >= 15 is 0 Å². The first-order valence-corrected chi connectivity index (χ1v) is 7.46. The Morgan fingerprint density at radius 3 is 3.00 bits per heavy atom. The largest absolute Gasteiger partial charge is 0.496 e. The quantitative estimate of drug-likeness (QED) is 0.932. The highest BCUT2D eigenvalue weighted by molar-refractivity contribution is 7.13. The maximum Gasteiger partial charge on any atom is 0.273 e. The lowest BCUT2D eigenvalue weighted by Crippen LogP contribution is -2.40. The zero-order chi connectivity index (χ0) is 15.6. The number of benzene rings is 1. The first-order chi connectivity index (χ1) is 10.6. The number of hydrogen-bond acceptors (Lipinski definition) is 7. The molecule has 22 heavy (non-hydrogen) atoms. The van der Waals surface area contributed by atoms with E-state index in [4.69, 9.17) is 9.57 Å². The van der Waals surface area contributed by atoms with Gasteiger partial charge < -0.3 is 9.57 Å².